The van der Waals surface area contributed by atoms with Gasteiger partial charge in [0.25, 0.3) is 0 Å². The third-order valence-corrected chi connectivity index (χ3v) is 8.09. The van der Waals surface area contributed by atoms with E-state index in [1.807, 2.05) is 48.8 Å². The lowest BCUT2D eigenvalue weighted by atomic mass is 9.84. The molecule has 0 spiro atoms. The van der Waals surface area contributed by atoms with Crippen molar-refractivity contribution in [1.82, 2.24) is 14.5 Å². The van der Waals surface area contributed by atoms with E-state index in [2.05, 4.69) is 107 Å². The first-order chi connectivity index (χ1) is 22.0. The molecule has 0 aliphatic carbocycles. The first-order valence-corrected chi connectivity index (χ1v) is 14.0. The fourth-order valence-electron chi connectivity index (χ4n) is 6.28. The Morgan fingerprint density at radius 3 is 1.76 bits per heavy atom. The molecule has 0 N–H and O–H groups in total. The maximum absolute atomic E-state index is 8.16. The predicted octanol–water partition coefficient (Wildman–Crippen LogP) is 10.0. The summed E-state index contributed by atoms with van der Waals surface area (Å²) in [6.45, 7) is -2.35. The molecule has 2 heterocycles. The van der Waals surface area contributed by atoms with Crippen LogP contribution in [0.4, 0.5) is 0 Å². The largest absolute Gasteiger partial charge is 0.297 e. The van der Waals surface area contributed by atoms with E-state index in [0.29, 0.717) is 5.52 Å². The Hall–Kier alpha value is -5.54. The van der Waals surface area contributed by atoms with Crippen LogP contribution in [-0.2, 0) is 0 Å². The van der Waals surface area contributed by atoms with Crippen LogP contribution >= 0.6 is 0 Å². The quantitative estimate of drug-likeness (QED) is 0.208. The minimum absolute atomic E-state index is 0.0598. The van der Waals surface area contributed by atoms with Crippen LogP contribution in [0.2, 0.25) is 0 Å². The van der Waals surface area contributed by atoms with Crippen molar-refractivity contribution in [2.45, 2.75) is 6.85 Å². The van der Waals surface area contributed by atoms with Gasteiger partial charge in [0.1, 0.15) is 5.82 Å². The Morgan fingerprint density at radius 2 is 1.10 bits per heavy atom. The van der Waals surface area contributed by atoms with Gasteiger partial charge in [-0.1, -0.05) is 97.1 Å². The number of rotatable bonds is 4. The standard InChI is InChI=1S/C39H27N3/c1-26-41-36-16-8-9-17-37(36)42(26)29-20-18-28(19-21-29)38-32-12-4-6-14-34(32)39(35-15-7-5-13-33(35)38)31-11-3-2-10-30(31)27-22-24-40-25-23-27/h2-25H,1H3/i1D3. The molecule has 3 nitrogen and oxygen atoms in total. The average Bonchev–Trinajstić information content (AvgIpc) is 3.48. The van der Waals surface area contributed by atoms with Crippen LogP contribution in [0.5, 0.6) is 0 Å². The third-order valence-electron chi connectivity index (χ3n) is 8.09. The number of pyridine rings is 1. The van der Waals surface area contributed by atoms with E-state index in [1.54, 1.807) is 4.57 Å². The Labute approximate surface area is 248 Å². The summed E-state index contributed by atoms with van der Waals surface area (Å²) in [6.07, 6.45) is 3.67. The van der Waals surface area contributed by atoms with Gasteiger partial charge in [0.2, 0.25) is 0 Å². The molecule has 2 aromatic heterocycles. The number of fused-ring (bicyclic) bond motifs is 3. The van der Waals surface area contributed by atoms with Crippen LogP contribution in [-0.4, -0.2) is 14.5 Å². The third kappa shape index (κ3) is 3.82. The zero-order valence-electron chi connectivity index (χ0n) is 25.7. The van der Waals surface area contributed by atoms with Gasteiger partial charge in [0, 0.05) is 22.2 Å². The van der Waals surface area contributed by atoms with E-state index in [9.17, 15) is 0 Å². The number of benzene rings is 6. The molecule has 0 atom stereocenters. The molecule has 0 bridgehead atoms. The average molecular weight is 541 g/mol. The van der Waals surface area contributed by atoms with Crippen LogP contribution in [0.3, 0.4) is 0 Å². The van der Waals surface area contributed by atoms with Gasteiger partial charge in [-0.05, 0) is 98.2 Å². The van der Waals surface area contributed by atoms with Gasteiger partial charge < -0.3 is 0 Å². The molecule has 0 amide bonds. The Balaban J connectivity index is 1.36. The zero-order chi connectivity index (χ0) is 30.5. The van der Waals surface area contributed by atoms with Crippen molar-refractivity contribution in [3.05, 3.63) is 152 Å². The van der Waals surface area contributed by atoms with E-state index in [-0.39, 0.29) is 5.82 Å². The Bertz CT molecular complexity index is 2300. The Kier molecular flexibility index (Phi) is 4.97. The summed E-state index contributed by atoms with van der Waals surface area (Å²) >= 11 is 0. The zero-order valence-corrected chi connectivity index (χ0v) is 22.7. The summed E-state index contributed by atoms with van der Waals surface area (Å²) in [5.41, 5.74) is 9.03. The van der Waals surface area contributed by atoms with Crippen LogP contribution in [0.25, 0.3) is 71.6 Å². The van der Waals surface area contributed by atoms with Gasteiger partial charge >= 0.3 is 0 Å². The summed E-state index contributed by atoms with van der Waals surface area (Å²) in [5.74, 6) is 0.0598. The van der Waals surface area contributed by atoms with Crippen molar-refractivity contribution in [1.29, 1.82) is 0 Å². The van der Waals surface area contributed by atoms with E-state index in [4.69, 9.17) is 4.11 Å². The number of hydrogen-bond acceptors (Lipinski definition) is 2. The lowest BCUT2D eigenvalue weighted by Crippen LogP contribution is -1.97. The smallest absolute Gasteiger partial charge is 0.111 e. The molecule has 0 saturated heterocycles. The second kappa shape index (κ2) is 9.83. The molecular formula is C39H27N3. The van der Waals surface area contributed by atoms with Crippen LogP contribution in [0.15, 0.2) is 146 Å². The monoisotopic (exact) mass is 540 g/mol. The normalized spacial score (nSPS) is 12.8. The molecule has 6 aromatic carbocycles. The fraction of sp³-hybridized carbons (Fsp3) is 0.0256. The number of para-hydroxylation sites is 2. The van der Waals surface area contributed by atoms with Crippen molar-refractivity contribution in [2.75, 3.05) is 0 Å². The lowest BCUT2D eigenvalue weighted by Gasteiger charge is -2.20. The molecule has 0 unspecified atom stereocenters. The maximum atomic E-state index is 8.16. The number of nitrogens with zero attached hydrogens (tertiary/aromatic N) is 3. The van der Waals surface area contributed by atoms with Gasteiger partial charge in [0.15, 0.2) is 0 Å². The molecular weight excluding hydrogens is 510 g/mol. The van der Waals surface area contributed by atoms with Crippen LogP contribution < -0.4 is 0 Å². The summed E-state index contributed by atoms with van der Waals surface area (Å²) in [5, 5.41) is 4.64. The topological polar surface area (TPSA) is 30.7 Å². The van der Waals surface area contributed by atoms with Crippen LogP contribution in [0, 0.1) is 6.85 Å². The highest BCUT2D eigenvalue weighted by atomic mass is 15.1. The molecule has 8 rings (SSSR count). The van der Waals surface area contributed by atoms with Gasteiger partial charge in [-0.15, -0.1) is 0 Å². The molecule has 8 aromatic rings. The number of imidazole rings is 1. The van der Waals surface area contributed by atoms with Gasteiger partial charge in [-0.3, -0.25) is 9.55 Å². The van der Waals surface area contributed by atoms with Crippen LogP contribution in [0.1, 0.15) is 9.94 Å². The second-order valence-corrected chi connectivity index (χ2v) is 10.4. The van der Waals surface area contributed by atoms with Gasteiger partial charge in [0.05, 0.1) is 11.0 Å². The molecule has 3 heteroatoms. The summed E-state index contributed by atoms with van der Waals surface area (Å²) in [4.78, 5) is 8.73. The minimum atomic E-state index is -2.35. The van der Waals surface area contributed by atoms with E-state index in [1.165, 1.54) is 21.9 Å². The molecule has 0 radical (unpaired) electrons. The Morgan fingerprint density at radius 1 is 0.524 bits per heavy atom. The number of aromatic nitrogens is 3. The molecule has 0 aliphatic rings. The van der Waals surface area contributed by atoms with E-state index >= 15 is 0 Å². The number of hydrogen-bond donors (Lipinski definition) is 0. The summed E-state index contributed by atoms with van der Waals surface area (Å²) in [7, 11) is 0. The molecule has 0 saturated carbocycles. The lowest BCUT2D eigenvalue weighted by molar-refractivity contribution is 1.00. The van der Waals surface area contributed by atoms with Gasteiger partial charge in [-0.25, -0.2) is 4.98 Å². The molecule has 0 fully saturated rings. The first kappa shape index (κ1) is 21.2. The summed E-state index contributed by atoms with van der Waals surface area (Å²) in [6, 6.07) is 45.6. The first-order valence-electron chi connectivity index (χ1n) is 15.5. The van der Waals surface area contributed by atoms with Crippen molar-refractivity contribution >= 4 is 32.6 Å². The predicted molar refractivity (Wildman–Crippen MR) is 175 cm³/mol. The maximum Gasteiger partial charge on any atom is 0.111 e. The fourth-order valence-corrected chi connectivity index (χ4v) is 6.28. The molecule has 42 heavy (non-hydrogen) atoms. The molecule has 0 aliphatic heterocycles. The number of aryl methyl sites for hydroxylation is 1. The van der Waals surface area contributed by atoms with Crippen molar-refractivity contribution in [3.63, 3.8) is 0 Å². The minimum Gasteiger partial charge on any atom is -0.297 e. The highest BCUT2D eigenvalue weighted by Gasteiger charge is 2.19. The highest BCUT2D eigenvalue weighted by Crippen LogP contribution is 2.46. The second-order valence-electron chi connectivity index (χ2n) is 10.4. The SMILES string of the molecule is [2H]C([2H])([2H])c1nc2ccccc2n1-c1ccc(-c2c3ccccc3c(-c3ccccc3-c3ccncc3)c3ccccc23)cc1. The van der Waals surface area contributed by atoms with E-state index in [0.717, 1.165) is 44.2 Å². The van der Waals surface area contributed by atoms with E-state index < -0.39 is 6.85 Å². The molecule has 198 valence electrons. The van der Waals surface area contributed by atoms with Crippen molar-refractivity contribution in [2.24, 2.45) is 0 Å². The van der Waals surface area contributed by atoms with Crippen molar-refractivity contribution < 1.29 is 4.11 Å². The van der Waals surface area contributed by atoms with Gasteiger partial charge in [-0.2, -0.15) is 0 Å². The highest BCUT2D eigenvalue weighted by molar-refractivity contribution is 6.22. The summed E-state index contributed by atoms with van der Waals surface area (Å²) < 4.78 is 26.2. The van der Waals surface area contributed by atoms with Crippen molar-refractivity contribution in [3.8, 4) is 39.1 Å².